The van der Waals surface area contributed by atoms with Crippen LogP contribution in [0.25, 0.3) is 0 Å². The third kappa shape index (κ3) is 4.88. The molecular weight excluding hydrogens is 305 g/mol. The monoisotopic (exact) mass is 327 g/mol. The van der Waals surface area contributed by atoms with Crippen LogP contribution in [0.15, 0.2) is 29.2 Å². The molecule has 22 heavy (non-hydrogen) atoms. The summed E-state index contributed by atoms with van der Waals surface area (Å²) in [5, 5.41) is 13.0. The van der Waals surface area contributed by atoms with E-state index in [4.69, 9.17) is 0 Å². The van der Waals surface area contributed by atoms with Gasteiger partial charge in [0.1, 0.15) is 5.82 Å². The molecule has 0 spiro atoms. The van der Waals surface area contributed by atoms with E-state index < -0.39 is 22.2 Å². The lowest BCUT2D eigenvalue weighted by atomic mass is 9.82. The number of nitrogens with one attached hydrogen (secondary N) is 1. The summed E-state index contributed by atoms with van der Waals surface area (Å²) < 4.78 is 25.4. The summed E-state index contributed by atoms with van der Waals surface area (Å²) in [5.74, 6) is -0.580. The average molecular weight is 327 g/mol. The second kappa shape index (κ2) is 7.83. The van der Waals surface area contributed by atoms with Crippen LogP contribution < -0.4 is 5.32 Å². The highest BCUT2D eigenvalue weighted by atomic mass is 32.2. The summed E-state index contributed by atoms with van der Waals surface area (Å²) in [5.41, 5.74) is -0.896. The van der Waals surface area contributed by atoms with Gasteiger partial charge in [-0.15, -0.1) is 0 Å². The standard InChI is InChI=1S/C16H22FNO3S/c17-13-6-2-3-7-14(13)22(21)11-10-18-15(19)12-16(20)8-4-1-5-9-16/h2-3,6-7,20H,1,4-5,8-12H2,(H,18,19)/t22-/m0/s1. The zero-order valence-corrected chi connectivity index (χ0v) is 13.3. The van der Waals surface area contributed by atoms with Crippen LogP contribution >= 0.6 is 0 Å². The molecular formula is C16H22FNO3S. The van der Waals surface area contributed by atoms with Crippen molar-refractivity contribution in [2.75, 3.05) is 12.3 Å². The van der Waals surface area contributed by atoms with Crippen molar-refractivity contribution in [3.63, 3.8) is 0 Å². The van der Waals surface area contributed by atoms with Crippen molar-refractivity contribution >= 4 is 16.7 Å². The smallest absolute Gasteiger partial charge is 0.222 e. The molecule has 0 unspecified atom stereocenters. The maximum absolute atomic E-state index is 13.5. The Balaban J connectivity index is 1.75. The minimum absolute atomic E-state index is 0.0827. The second-order valence-corrected chi connectivity index (χ2v) is 7.33. The maximum atomic E-state index is 13.5. The number of hydrogen-bond donors (Lipinski definition) is 2. The average Bonchev–Trinajstić information content (AvgIpc) is 2.47. The Morgan fingerprint density at radius 3 is 2.64 bits per heavy atom. The van der Waals surface area contributed by atoms with Crippen LogP contribution in [-0.2, 0) is 15.6 Å². The molecule has 0 radical (unpaired) electrons. The molecule has 0 heterocycles. The molecule has 1 amide bonds. The van der Waals surface area contributed by atoms with Crippen LogP contribution in [0.4, 0.5) is 4.39 Å². The van der Waals surface area contributed by atoms with Gasteiger partial charge in [-0.05, 0) is 25.0 Å². The van der Waals surface area contributed by atoms with E-state index in [1.807, 2.05) is 0 Å². The lowest BCUT2D eigenvalue weighted by Crippen LogP contribution is -2.39. The van der Waals surface area contributed by atoms with Gasteiger partial charge in [0, 0.05) is 12.3 Å². The molecule has 1 atom stereocenters. The molecule has 1 aromatic rings. The van der Waals surface area contributed by atoms with Gasteiger partial charge in [-0.1, -0.05) is 31.4 Å². The summed E-state index contributed by atoms with van der Waals surface area (Å²) in [6.45, 7) is 0.204. The summed E-state index contributed by atoms with van der Waals surface area (Å²) in [4.78, 5) is 12.0. The minimum Gasteiger partial charge on any atom is -0.389 e. The quantitative estimate of drug-likeness (QED) is 0.841. The molecule has 0 bridgehead atoms. The number of aliphatic hydroxyl groups is 1. The maximum Gasteiger partial charge on any atom is 0.222 e. The van der Waals surface area contributed by atoms with Gasteiger partial charge in [-0.25, -0.2) is 4.39 Å². The molecule has 122 valence electrons. The van der Waals surface area contributed by atoms with Crippen molar-refractivity contribution in [3.05, 3.63) is 30.1 Å². The molecule has 4 nitrogen and oxygen atoms in total. The van der Waals surface area contributed by atoms with Crippen LogP contribution in [0.1, 0.15) is 38.5 Å². The van der Waals surface area contributed by atoms with Crippen LogP contribution in [0.5, 0.6) is 0 Å². The van der Waals surface area contributed by atoms with Crippen LogP contribution in [0.3, 0.4) is 0 Å². The normalized spacial score (nSPS) is 18.6. The lowest BCUT2D eigenvalue weighted by molar-refractivity contribution is -0.127. The highest BCUT2D eigenvalue weighted by Gasteiger charge is 2.31. The fourth-order valence-electron chi connectivity index (χ4n) is 2.77. The zero-order valence-electron chi connectivity index (χ0n) is 12.5. The summed E-state index contributed by atoms with van der Waals surface area (Å²) in [6, 6.07) is 5.93. The zero-order chi connectivity index (χ0) is 16.0. The Hall–Kier alpha value is -1.27. The van der Waals surface area contributed by atoms with Crippen molar-refractivity contribution in [2.24, 2.45) is 0 Å². The summed E-state index contributed by atoms with van der Waals surface area (Å²) >= 11 is 0. The van der Waals surface area contributed by atoms with Gasteiger partial charge in [0.25, 0.3) is 0 Å². The van der Waals surface area contributed by atoms with Gasteiger partial charge < -0.3 is 10.4 Å². The van der Waals surface area contributed by atoms with Crippen molar-refractivity contribution in [2.45, 2.75) is 49.0 Å². The molecule has 6 heteroatoms. The third-order valence-electron chi connectivity index (χ3n) is 3.97. The first-order chi connectivity index (χ1) is 10.5. The molecule has 0 aliphatic heterocycles. The fraction of sp³-hybridized carbons (Fsp3) is 0.562. The first kappa shape index (κ1) is 17.1. The second-order valence-electron chi connectivity index (χ2n) is 5.79. The Morgan fingerprint density at radius 2 is 1.95 bits per heavy atom. The van der Waals surface area contributed by atoms with E-state index in [1.54, 1.807) is 12.1 Å². The van der Waals surface area contributed by atoms with Crippen LogP contribution in [0.2, 0.25) is 0 Å². The Labute approximate surface area is 132 Å². The van der Waals surface area contributed by atoms with Gasteiger partial charge in [0.05, 0.1) is 27.7 Å². The predicted molar refractivity (Wildman–Crippen MR) is 83.3 cm³/mol. The van der Waals surface area contributed by atoms with Gasteiger partial charge >= 0.3 is 0 Å². The SMILES string of the molecule is O=C(CC1(O)CCCCC1)NCC[S@](=O)c1ccccc1F. The molecule has 1 aromatic carbocycles. The van der Waals surface area contributed by atoms with E-state index >= 15 is 0 Å². The number of benzene rings is 1. The van der Waals surface area contributed by atoms with E-state index in [1.165, 1.54) is 12.1 Å². The van der Waals surface area contributed by atoms with E-state index in [0.717, 1.165) is 19.3 Å². The summed E-state index contributed by atoms with van der Waals surface area (Å²) in [6.07, 6.45) is 4.39. The Morgan fingerprint density at radius 1 is 1.27 bits per heavy atom. The van der Waals surface area contributed by atoms with E-state index in [9.17, 15) is 18.5 Å². The van der Waals surface area contributed by atoms with Crippen LogP contribution in [0, 0.1) is 5.82 Å². The Kier molecular flexibility index (Phi) is 6.08. The number of halogens is 1. The summed E-state index contributed by atoms with van der Waals surface area (Å²) in [7, 11) is -1.48. The van der Waals surface area contributed by atoms with Gasteiger partial charge in [-0.3, -0.25) is 9.00 Å². The number of amides is 1. The predicted octanol–water partition coefficient (Wildman–Crippen LogP) is 2.13. The topological polar surface area (TPSA) is 66.4 Å². The third-order valence-corrected chi connectivity index (χ3v) is 5.36. The first-order valence-electron chi connectivity index (χ1n) is 7.62. The number of carbonyl (C=O) groups excluding carboxylic acids is 1. The molecule has 2 N–H and O–H groups in total. The molecule has 0 saturated heterocycles. The Bertz CT molecular complexity index is 544. The van der Waals surface area contributed by atoms with Gasteiger partial charge in [0.2, 0.25) is 5.91 Å². The molecule has 1 saturated carbocycles. The van der Waals surface area contributed by atoms with E-state index in [2.05, 4.69) is 5.32 Å². The van der Waals surface area contributed by atoms with Gasteiger partial charge in [-0.2, -0.15) is 0 Å². The lowest BCUT2D eigenvalue weighted by Gasteiger charge is -2.31. The number of carbonyl (C=O) groups is 1. The molecule has 1 fully saturated rings. The first-order valence-corrected chi connectivity index (χ1v) is 8.94. The minimum atomic E-state index is -1.48. The molecule has 1 aliphatic carbocycles. The van der Waals surface area contributed by atoms with Crippen molar-refractivity contribution < 1.29 is 18.5 Å². The fourth-order valence-corrected chi connectivity index (χ4v) is 3.79. The van der Waals surface area contributed by atoms with Crippen molar-refractivity contribution in [1.82, 2.24) is 5.32 Å². The molecule has 0 aromatic heterocycles. The van der Waals surface area contributed by atoms with Crippen molar-refractivity contribution in [1.29, 1.82) is 0 Å². The largest absolute Gasteiger partial charge is 0.389 e. The van der Waals surface area contributed by atoms with Gasteiger partial charge in [0.15, 0.2) is 0 Å². The van der Waals surface area contributed by atoms with E-state index in [0.29, 0.717) is 12.8 Å². The highest BCUT2D eigenvalue weighted by Crippen LogP contribution is 2.30. The molecule has 1 aliphatic rings. The number of hydrogen-bond acceptors (Lipinski definition) is 3. The molecule has 2 rings (SSSR count). The van der Waals surface area contributed by atoms with Crippen molar-refractivity contribution in [3.8, 4) is 0 Å². The number of rotatable bonds is 6. The van der Waals surface area contributed by atoms with Crippen LogP contribution in [-0.4, -0.2) is 33.1 Å². The highest BCUT2D eigenvalue weighted by molar-refractivity contribution is 7.85. The van der Waals surface area contributed by atoms with E-state index in [-0.39, 0.29) is 29.5 Å².